The van der Waals surface area contributed by atoms with Crippen molar-refractivity contribution in [3.8, 4) is 0 Å². The summed E-state index contributed by atoms with van der Waals surface area (Å²) in [6.07, 6.45) is 2.79. The molecule has 1 aromatic carbocycles. The highest BCUT2D eigenvalue weighted by atomic mass is 32.2. The fourth-order valence-electron chi connectivity index (χ4n) is 1.86. The second-order valence-corrected chi connectivity index (χ2v) is 7.41. The van der Waals surface area contributed by atoms with Crippen molar-refractivity contribution in [1.82, 2.24) is 9.55 Å². The van der Waals surface area contributed by atoms with Crippen LogP contribution in [0.5, 0.6) is 0 Å². The van der Waals surface area contributed by atoms with E-state index in [1.165, 1.54) is 17.1 Å². The minimum Gasteiger partial charge on any atom is -0.323 e. The number of imidazole rings is 1. The Bertz CT molecular complexity index is 712. The van der Waals surface area contributed by atoms with Crippen LogP contribution in [0.1, 0.15) is 26.3 Å². The zero-order valence-electron chi connectivity index (χ0n) is 12.1. The normalized spacial score (nSPS) is 12.4. The average Bonchev–Trinajstić information content (AvgIpc) is 2.75. The largest absolute Gasteiger partial charge is 0.323 e. The van der Waals surface area contributed by atoms with E-state index in [0.29, 0.717) is 5.69 Å². The number of nitrogens with zero attached hydrogens (tertiary/aromatic N) is 2. The first-order chi connectivity index (χ1) is 9.20. The maximum Gasteiger partial charge on any atom is 0.279 e. The van der Waals surface area contributed by atoms with Crippen LogP contribution in [0.4, 0.5) is 5.69 Å². The lowest BCUT2D eigenvalue weighted by Crippen LogP contribution is -2.17. The van der Waals surface area contributed by atoms with Gasteiger partial charge in [0.15, 0.2) is 5.03 Å². The molecule has 0 saturated carbocycles. The molecule has 20 heavy (non-hydrogen) atoms. The molecule has 0 aliphatic heterocycles. The van der Waals surface area contributed by atoms with Crippen molar-refractivity contribution in [3.63, 3.8) is 0 Å². The van der Waals surface area contributed by atoms with Gasteiger partial charge in [0.2, 0.25) is 0 Å². The molecular weight excluding hydrogens is 274 g/mol. The predicted octanol–water partition coefficient (Wildman–Crippen LogP) is 2.52. The third kappa shape index (κ3) is 3.01. The van der Waals surface area contributed by atoms with Gasteiger partial charge >= 0.3 is 0 Å². The molecule has 0 radical (unpaired) electrons. The van der Waals surface area contributed by atoms with Gasteiger partial charge in [-0.2, -0.15) is 8.42 Å². The van der Waals surface area contributed by atoms with Crippen molar-refractivity contribution in [2.24, 2.45) is 7.05 Å². The maximum atomic E-state index is 12.3. The monoisotopic (exact) mass is 293 g/mol. The summed E-state index contributed by atoms with van der Waals surface area (Å²) >= 11 is 0. The van der Waals surface area contributed by atoms with Crippen LogP contribution in [0.2, 0.25) is 0 Å². The number of aromatic nitrogens is 2. The summed E-state index contributed by atoms with van der Waals surface area (Å²) < 4.78 is 28.6. The summed E-state index contributed by atoms with van der Waals surface area (Å²) in [5, 5.41) is 0.138. The minimum atomic E-state index is -3.61. The number of hydrogen-bond donors (Lipinski definition) is 1. The molecule has 1 N–H and O–H groups in total. The van der Waals surface area contributed by atoms with E-state index in [4.69, 9.17) is 0 Å². The SMILES string of the molecule is Cn1cncc1S(=O)(=O)Nc1cccc(C(C)(C)C)c1. The van der Waals surface area contributed by atoms with Crippen LogP contribution in [0.3, 0.4) is 0 Å². The van der Waals surface area contributed by atoms with Crippen LogP contribution in [-0.2, 0) is 22.5 Å². The highest BCUT2D eigenvalue weighted by Crippen LogP contribution is 2.25. The van der Waals surface area contributed by atoms with Crippen molar-refractivity contribution in [3.05, 3.63) is 42.4 Å². The van der Waals surface area contributed by atoms with Gasteiger partial charge in [-0.25, -0.2) is 4.98 Å². The first kappa shape index (κ1) is 14.6. The highest BCUT2D eigenvalue weighted by molar-refractivity contribution is 7.92. The van der Waals surface area contributed by atoms with Crippen molar-refractivity contribution in [1.29, 1.82) is 0 Å². The predicted molar refractivity (Wildman–Crippen MR) is 79.2 cm³/mol. The summed E-state index contributed by atoms with van der Waals surface area (Å²) in [5.74, 6) is 0. The summed E-state index contributed by atoms with van der Waals surface area (Å²) in [7, 11) is -1.97. The lowest BCUT2D eigenvalue weighted by molar-refractivity contribution is 0.588. The Morgan fingerprint density at radius 2 is 1.95 bits per heavy atom. The number of anilines is 1. The van der Waals surface area contributed by atoms with E-state index >= 15 is 0 Å². The van der Waals surface area contributed by atoms with Gasteiger partial charge < -0.3 is 4.57 Å². The highest BCUT2D eigenvalue weighted by Gasteiger charge is 2.19. The van der Waals surface area contributed by atoms with Crippen molar-refractivity contribution >= 4 is 15.7 Å². The number of nitrogens with one attached hydrogen (secondary N) is 1. The number of sulfonamides is 1. The Balaban J connectivity index is 2.34. The smallest absolute Gasteiger partial charge is 0.279 e. The van der Waals surface area contributed by atoms with Gasteiger partial charge in [-0.05, 0) is 23.1 Å². The van der Waals surface area contributed by atoms with Gasteiger partial charge in [-0.3, -0.25) is 4.72 Å². The number of rotatable bonds is 3. The summed E-state index contributed by atoms with van der Waals surface area (Å²) in [6, 6.07) is 7.43. The quantitative estimate of drug-likeness (QED) is 0.945. The van der Waals surface area contributed by atoms with Gasteiger partial charge in [0.25, 0.3) is 10.0 Å². The van der Waals surface area contributed by atoms with Crippen LogP contribution >= 0.6 is 0 Å². The van der Waals surface area contributed by atoms with Gasteiger partial charge in [-0.15, -0.1) is 0 Å². The number of benzene rings is 1. The summed E-state index contributed by atoms with van der Waals surface area (Å²) in [4.78, 5) is 3.83. The van der Waals surface area contributed by atoms with Crippen LogP contribution in [0.25, 0.3) is 0 Å². The first-order valence-electron chi connectivity index (χ1n) is 6.30. The van der Waals surface area contributed by atoms with Gasteiger partial charge in [0.05, 0.1) is 12.5 Å². The zero-order valence-corrected chi connectivity index (χ0v) is 12.9. The molecule has 0 unspecified atom stereocenters. The van der Waals surface area contributed by atoms with E-state index in [0.717, 1.165) is 5.56 Å². The van der Waals surface area contributed by atoms with Crippen molar-refractivity contribution < 1.29 is 8.42 Å². The molecule has 2 aromatic rings. The molecule has 1 aromatic heterocycles. The zero-order chi connectivity index (χ0) is 15.0. The average molecular weight is 293 g/mol. The van der Waals surface area contributed by atoms with Crippen molar-refractivity contribution in [2.75, 3.05) is 4.72 Å². The third-order valence-corrected chi connectivity index (χ3v) is 4.48. The Morgan fingerprint density at radius 3 is 2.50 bits per heavy atom. The standard InChI is InChI=1S/C14H19N3O2S/c1-14(2,3)11-6-5-7-12(8-11)16-20(18,19)13-9-15-10-17(13)4/h5-10,16H,1-4H3. The molecular formula is C14H19N3O2S. The molecule has 5 nitrogen and oxygen atoms in total. The fraction of sp³-hybridized carbons (Fsp3) is 0.357. The van der Waals surface area contributed by atoms with Gasteiger partial charge in [0.1, 0.15) is 0 Å². The van der Waals surface area contributed by atoms with E-state index < -0.39 is 10.0 Å². The fourth-order valence-corrected chi connectivity index (χ4v) is 3.03. The second kappa shape index (κ2) is 4.94. The molecule has 0 aliphatic carbocycles. The molecule has 0 spiro atoms. The lowest BCUT2D eigenvalue weighted by atomic mass is 9.87. The van der Waals surface area contributed by atoms with Crippen LogP contribution in [0.15, 0.2) is 41.8 Å². The number of hydrogen-bond acceptors (Lipinski definition) is 3. The second-order valence-electron chi connectivity index (χ2n) is 5.78. The summed E-state index contributed by atoms with van der Waals surface area (Å²) in [5.41, 5.74) is 1.59. The molecule has 108 valence electrons. The van der Waals surface area contributed by atoms with Crippen LogP contribution < -0.4 is 4.72 Å². The molecule has 0 saturated heterocycles. The Morgan fingerprint density at radius 1 is 1.25 bits per heavy atom. The molecule has 0 fully saturated rings. The van der Waals surface area contributed by atoms with E-state index in [9.17, 15) is 8.42 Å². The van der Waals surface area contributed by atoms with Gasteiger partial charge in [0, 0.05) is 12.7 Å². The van der Waals surface area contributed by atoms with E-state index in [1.54, 1.807) is 13.1 Å². The van der Waals surface area contributed by atoms with Gasteiger partial charge in [-0.1, -0.05) is 32.9 Å². The first-order valence-corrected chi connectivity index (χ1v) is 7.78. The summed E-state index contributed by atoms with van der Waals surface area (Å²) in [6.45, 7) is 6.26. The van der Waals surface area contributed by atoms with E-state index in [1.807, 2.05) is 18.2 Å². The minimum absolute atomic E-state index is 0.0337. The molecule has 0 amide bonds. The van der Waals surface area contributed by atoms with Crippen LogP contribution in [-0.4, -0.2) is 18.0 Å². The van der Waals surface area contributed by atoms with Crippen LogP contribution in [0, 0.1) is 0 Å². The molecule has 0 atom stereocenters. The Labute approximate surface area is 119 Å². The Hall–Kier alpha value is -1.82. The topological polar surface area (TPSA) is 64.0 Å². The molecule has 1 heterocycles. The molecule has 6 heteroatoms. The molecule has 0 aliphatic rings. The van der Waals surface area contributed by atoms with E-state index in [2.05, 4.69) is 30.5 Å². The molecule has 0 bridgehead atoms. The maximum absolute atomic E-state index is 12.3. The Kier molecular flexibility index (Phi) is 3.60. The molecule has 2 rings (SSSR count). The van der Waals surface area contributed by atoms with E-state index in [-0.39, 0.29) is 10.4 Å². The number of aryl methyl sites for hydroxylation is 1. The third-order valence-electron chi connectivity index (χ3n) is 3.03. The van der Waals surface area contributed by atoms with Crippen molar-refractivity contribution in [2.45, 2.75) is 31.2 Å². The lowest BCUT2D eigenvalue weighted by Gasteiger charge is -2.20.